The van der Waals surface area contributed by atoms with E-state index in [9.17, 15) is 8.42 Å². The Labute approximate surface area is 162 Å². The van der Waals surface area contributed by atoms with Gasteiger partial charge in [-0.1, -0.05) is 33.8 Å². The summed E-state index contributed by atoms with van der Waals surface area (Å²) in [6.45, 7) is 0. The van der Waals surface area contributed by atoms with Gasteiger partial charge in [-0.15, -0.1) is 16.4 Å². The standard InChI is InChI=1S/C16H14BrN3O2S3/c17-12-3-6-14(7-4-12)25(21,22)11-10-24-16-18-15(19-20-16)8-5-13-2-1-9-23-13/h1-9H,10-11H2,(H,18,19,20)/b8-5+. The molecule has 3 rings (SSSR count). The molecule has 0 atom stereocenters. The first-order valence-corrected chi connectivity index (χ1v) is 11.6. The number of sulfone groups is 1. The van der Waals surface area contributed by atoms with Crippen LogP contribution in [0.1, 0.15) is 10.7 Å². The molecule has 0 unspecified atom stereocenters. The van der Waals surface area contributed by atoms with Crippen LogP contribution in [0, 0.1) is 0 Å². The molecule has 0 spiro atoms. The number of aromatic nitrogens is 3. The van der Waals surface area contributed by atoms with Crippen LogP contribution in [-0.2, 0) is 9.84 Å². The van der Waals surface area contributed by atoms with Crippen LogP contribution < -0.4 is 0 Å². The Hall–Kier alpha value is -1.42. The first-order chi connectivity index (χ1) is 12.0. The van der Waals surface area contributed by atoms with Gasteiger partial charge in [0.25, 0.3) is 0 Å². The second kappa shape index (κ2) is 8.31. The Balaban J connectivity index is 1.54. The van der Waals surface area contributed by atoms with Gasteiger partial charge in [-0.05, 0) is 47.9 Å². The fourth-order valence-corrected chi connectivity index (χ4v) is 5.28. The van der Waals surface area contributed by atoms with Crippen molar-refractivity contribution in [1.82, 2.24) is 15.2 Å². The molecule has 1 aromatic carbocycles. The number of nitrogens with one attached hydrogen (secondary N) is 1. The van der Waals surface area contributed by atoms with Gasteiger partial charge in [0.2, 0.25) is 5.16 Å². The number of benzene rings is 1. The van der Waals surface area contributed by atoms with Gasteiger partial charge in [0, 0.05) is 15.1 Å². The van der Waals surface area contributed by atoms with Crippen molar-refractivity contribution in [3.63, 3.8) is 0 Å². The molecule has 1 N–H and O–H groups in total. The Bertz CT molecular complexity index is 949. The van der Waals surface area contributed by atoms with E-state index in [-0.39, 0.29) is 5.75 Å². The quantitative estimate of drug-likeness (QED) is 0.535. The van der Waals surface area contributed by atoms with Gasteiger partial charge in [0.1, 0.15) is 5.82 Å². The van der Waals surface area contributed by atoms with Crippen LogP contribution in [-0.4, -0.2) is 35.1 Å². The molecule has 0 amide bonds. The van der Waals surface area contributed by atoms with Crippen LogP contribution in [0.5, 0.6) is 0 Å². The van der Waals surface area contributed by atoms with Crippen molar-refractivity contribution in [2.75, 3.05) is 11.5 Å². The molecule has 0 fully saturated rings. The topological polar surface area (TPSA) is 75.7 Å². The van der Waals surface area contributed by atoms with Gasteiger partial charge in [-0.2, -0.15) is 0 Å². The molecule has 0 aliphatic heterocycles. The maximum Gasteiger partial charge on any atom is 0.208 e. The fraction of sp³-hybridized carbons (Fsp3) is 0.125. The number of halogens is 1. The molecule has 25 heavy (non-hydrogen) atoms. The summed E-state index contributed by atoms with van der Waals surface area (Å²) in [5, 5.41) is 9.48. The molecule has 0 radical (unpaired) electrons. The van der Waals surface area contributed by atoms with Crippen LogP contribution in [0.15, 0.2) is 56.3 Å². The second-order valence-electron chi connectivity index (χ2n) is 4.97. The molecule has 0 saturated carbocycles. The van der Waals surface area contributed by atoms with Gasteiger partial charge in [-0.3, -0.25) is 5.10 Å². The number of hydrogen-bond donors (Lipinski definition) is 1. The summed E-state index contributed by atoms with van der Waals surface area (Å²) >= 11 is 6.26. The fourth-order valence-electron chi connectivity index (χ4n) is 1.95. The molecule has 3 aromatic rings. The molecule has 0 saturated heterocycles. The summed E-state index contributed by atoms with van der Waals surface area (Å²) in [5.41, 5.74) is 0. The lowest BCUT2D eigenvalue weighted by atomic mass is 10.4. The number of nitrogens with zero attached hydrogens (tertiary/aromatic N) is 2. The lowest BCUT2D eigenvalue weighted by molar-refractivity contribution is 0.597. The summed E-state index contributed by atoms with van der Waals surface area (Å²) in [6, 6.07) is 10.6. The van der Waals surface area contributed by atoms with Gasteiger partial charge < -0.3 is 0 Å². The minimum absolute atomic E-state index is 0.0359. The molecule has 0 bridgehead atoms. The number of thiophene rings is 1. The second-order valence-corrected chi connectivity index (χ2v) is 10.0. The third-order valence-corrected chi connectivity index (χ3v) is 7.39. The van der Waals surface area contributed by atoms with Gasteiger partial charge in [0.15, 0.2) is 9.84 Å². The molecule has 5 nitrogen and oxygen atoms in total. The van der Waals surface area contributed by atoms with E-state index >= 15 is 0 Å². The highest BCUT2D eigenvalue weighted by molar-refractivity contribution is 9.10. The summed E-state index contributed by atoms with van der Waals surface area (Å²) in [5.74, 6) is 1.07. The molecule has 0 aliphatic rings. The molecule has 2 heterocycles. The highest BCUT2D eigenvalue weighted by Gasteiger charge is 2.14. The number of thioether (sulfide) groups is 1. The summed E-state index contributed by atoms with van der Waals surface area (Å²) in [4.78, 5) is 5.78. The Morgan fingerprint density at radius 1 is 1.20 bits per heavy atom. The van der Waals surface area contributed by atoms with E-state index in [0.717, 1.165) is 9.35 Å². The van der Waals surface area contributed by atoms with Crippen LogP contribution in [0.4, 0.5) is 0 Å². The predicted molar refractivity (Wildman–Crippen MR) is 107 cm³/mol. The number of aromatic amines is 1. The Kier molecular flexibility index (Phi) is 6.10. The largest absolute Gasteiger partial charge is 0.259 e. The van der Waals surface area contributed by atoms with E-state index in [1.807, 2.05) is 29.7 Å². The molecular formula is C16H14BrN3O2S3. The molecule has 130 valence electrons. The van der Waals surface area contributed by atoms with Crippen molar-refractivity contribution in [2.24, 2.45) is 0 Å². The first kappa shape index (κ1) is 18.4. The van der Waals surface area contributed by atoms with Gasteiger partial charge in [-0.25, -0.2) is 13.4 Å². The van der Waals surface area contributed by atoms with Crippen molar-refractivity contribution in [3.8, 4) is 0 Å². The van der Waals surface area contributed by atoms with E-state index in [2.05, 4.69) is 31.1 Å². The van der Waals surface area contributed by atoms with Crippen molar-refractivity contribution in [1.29, 1.82) is 0 Å². The minimum Gasteiger partial charge on any atom is -0.259 e. The van der Waals surface area contributed by atoms with E-state index in [0.29, 0.717) is 21.6 Å². The summed E-state index contributed by atoms with van der Waals surface area (Å²) in [6.07, 6.45) is 3.80. The van der Waals surface area contributed by atoms with E-state index in [1.54, 1.807) is 35.6 Å². The van der Waals surface area contributed by atoms with Crippen LogP contribution in [0.25, 0.3) is 12.2 Å². The molecule has 2 aromatic heterocycles. The lowest BCUT2D eigenvalue weighted by Gasteiger charge is -2.03. The monoisotopic (exact) mass is 455 g/mol. The molecular weight excluding hydrogens is 442 g/mol. The smallest absolute Gasteiger partial charge is 0.208 e. The van der Waals surface area contributed by atoms with E-state index < -0.39 is 9.84 Å². The highest BCUT2D eigenvalue weighted by atomic mass is 79.9. The average Bonchev–Trinajstić information content (AvgIpc) is 3.25. The average molecular weight is 456 g/mol. The lowest BCUT2D eigenvalue weighted by Crippen LogP contribution is -2.08. The number of H-pyrrole nitrogens is 1. The maximum atomic E-state index is 12.3. The van der Waals surface area contributed by atoms with Crippen molar-refractivity contribution >= 4 is 61.0 Å². The van der Waals surface area contributed by atoms with Crippen LogP contribution >= 0.6 is 39.0 Å². The molecule has 9 heteroatoms. The summed E-state index contributed by atoms with van der Waals surface area (Å²) in [7, 11) is -3.30. The van der Waals surface area contributed by atoms with Crippen molar-refractivity contribution in [3.05, 3.63) is 57.0 Å². The predicted octanol–water partition coefficient (Wildman–Crippen LogP) is 4.37. The number of hydrogen-bond acceptors (Lipinski definition) is 6. The van der Waals surface area contributed by atoms with Crippen molar-refractivity contribution in [2.45, 2.75) is 10.1 Å². The van der Waals surface area contributed by atoms with Gasteiger partial charge in [0.05, 0.1) is 10.6 Å². The SMILES string of the molecule is O=S(=O)(CCSc1n[nH]c(/C=C/c2cccs2)n1)c1ccc(Br)cc1. The maximum absolute atomic E-state index is 12.3. The minimum atomic E-state index is -3.30. The van der Waals surface area contributed by atoms with E-state index in [4.69, 9.17) is 0 Å². The third kappa shape index (κ3) is 5.27. The van der Waals surface area contributed by atoms with Crippen LogP contribution in [0.3, 0.4) is 0 Å². The summed E-state index contributed by atoms with van der Waals surface area (Å²) < 4.78 is 25.4. The van der Waals surface area contributed by atoms with Gasteiger partial charge >= 0.3 is 0 Å². The molecule has 0 aliphatic carbocycles. The Morgan fingerprint density at radius 2 is 2.00 bits per heavy atom. The highest BCUT2D eigenvalue weighted by Crippen LogP contribution is 2.19. The first-order valence-electron chi connectivity index (χ1n) is 7.28. The van der Waals surface area contributed by atoms with Crippen molar-refractivity contribution < 1.29 is 8.42 Å². The third-order valence-electron chi connectivity index (χ3n) is 3.19. The zero-order valence-corrected chi connectivity index (χ0v) is 17.0. The number of rotatable bonds is 7. The van der Waals surface area contributed by atoms with E-state index in [1.165, 1.54) is 11.8 Å². The van der Waals surface area contributed by atoms with Crippen LogP contribution in [0.2, 0.25) is 0 Å². The zero-order chi connectivity index (χ0) is 17.7. The Morgan fingerprint density at radius 3 is 2.72 bits per heavy atom. The normalized spacial score (nSPS) is 12.0. The zero-order valence-electron chi connectivity index (χ0n) is 12.9.